The predicted molar refractivity (Wildman–Crippen MR) is 171 cm³/mol. The van der Waals surface area contributed by atoms with Crippen molar-refractivity contribution < 1.29 is 93.8 Å². The largest absolute Gasteiger partial charge is 1.00 e. The average molecular weight is 780 g/mol. The van der Waals surface area contributed by atoms with Gasteiger partial charge in [-0.3, -0.25) is 10.7 Å². The number of hydrogen-bond acceptors (Lipinski definition) is 12. The first-order chi connectivity index (χ1) is 20.4. The summed E-state index contributed by atoms with van der Waals surface area (Å²) in [5.74, 6) is -0.731. The molecule has 250 valence electrons. The first-order valence-electron chi connectivity index (χ1n) is 12.1. The van der Waals surface area contributed by atoms with Gasteiger partial charge in [0.2, 0.25) is 12.2 Å². The Hall–Kier alpha value is -1.42. The number of benzene rings is 2. The smallest absolute Gasteiger partial charge is 0.870 e. The van der Waals surface area contributed by atoms with Gasteiger partial charge in [0.15, 0.2) is 0 Å². The number of carbonyl (C=O) groups is 1. The van der Waals surface area contributed by atoms with Gasteiger partial charge in [-0.05, 0) is 77.9 Å². The van der Waals surface area contributed by atoms with Crippen LogP contribution in [0.25, 0.3) is 5.69 Å². The van der Waals surface area contributed by atoms with E-state index in [0.717, 1.165) is 9.31 Å². The molecule has 3 rings (SSSR count). The Kier molecular flexibility index (Phi) is 35.8. The summed E-state index contributed by atoms with van der Waals surface area (Å²) in [7, 11) is 0. The van der Waals surface area contributed by atoms with Crippen LogP contribution in [0.15, 0.2) is 60.5 Å². The van der Waals surface area contributed by atoms with Crippen molar-refractivity contribution in [2.24, 2.45) is 9.98 Å². The summed E-state index contributed by atoms with van der Waals surface area (Å²) in [6.45, 7) is 10.7. The fraction of sp³-hybridized carbons (Fsp3) is 0.346. The predicted octanol–water partition coefficient (Wildman–Crippen LogP) is 0.135. The summed E-state index contributed by atoms with van der Waals surface area (Å²) < 4.78 is 6.74. The molecule has 47 heavy (non-hydrogen) atoms. The summed E-state index contributed by atoms with van der Waals surface area (Å²) in [4.78, 5) is 57.5. The van der Waals surface area contributed by atoms with Crippen molar-refractivity contribution >= 4 is 81.3 Å². The Morgan fingerprint density at radius 3 is 1.57 bits per heavy atom. The van der Waals surface area contributed by atoms with Gasteiger partial charge in [-0.25, -0.2) is 33.7 Å². The van der Waals surface area contributed by atoms with Crippen LogP contribution in [0, 0.1) is 0 Å². The quantitative estimate of drug-likeness (QED) is 0.117. The number of rotatable bonds is 5. The fourth-order valence-corrected chi connectivity index (χ4v) is 3.05. The normalized spacial score (nSPS) is 8.83. The Balaban J connectivity index is -0.000000173. The van der Waals surface area contributed by atoms with Gasteiger partial charge in [0, 0.05) is 16.1 Å². The molecule has 0 unspecified atom stereocenters. The van der Waals surface area contributed by atoms with E-state index in [-0.39, 0.29) is 93.4 Å². The minimum absolute atomic E-state index is 0. The molecule has 0 aliphatic carbocycles. The maximum atomic E-state index is 12.0. The summed E-state index contributed by atoms with van der Waals surface area (Å²) in [6.07, 6.45) is 2.88. The summed E-state index contributed by atoms with van der Waals surface area (Å²) >= 11 is 27.1. The molecule has 1 heterocycles. The van der Waals surface area contributed by atoms with Gasteiger partial charge in [0.1, 0.15) is 11.1 Å². The molecule has 3 aromatic rings. The summed E-state index contributed by atoms with van der Waals surface area (Å²) in [5.41, 5.74) is 0.377. The maximum Gasteiger partial charge on any atom is 1.00 e. The number of hydrogen-bond donors (Lipinski definition) is 2. The number of carboxylic acid groups (broad SMARTS) is 1. The van der Waals surface area contributed by atoms with E-state index >= 15 is 0 Å². The van der Waals surface area contributed by atoms with E-state index in [0.29, 0.717) is 20.8 Å². The second-order valence-electron chi connectivity index (χ2n) is 8.60. The molecule has 0 atom stereocenters. The SMILES string of the molecule is CC(C)N=C=O.CC(C)N=C=O.CC(C)n1c(=O)on(-c2cc(Cl)ccc2Cl)c1=O.O=C([O-])Cl.ONc1cc(Cl)ccc1Cl.[Na+].[Na+].[OH-]. The Bertz CT molecular complexity index is 1530. The number of anilines is 1. The standard InChI is InChI=1S/C11H10Cl2N2O3.C6H5Cl2NO.2C4H7NO.CHClO2.2Na.H2O/c1-6(2)14-10(16)15(18-11(14)17)9-5-7(12)3-4-8(9)13;7-4-1-2-5(8)6(3-4)9-10;2*1-4(2)5-3-6;2-1(3)4;;;/h3-6H,1-2H3;1-3,9-10H;2*4H,1-2H3;(H,3,4);;;1H2/q;;;;;2*+1;/p-2. The zero-order chi connectivity index (χ0) is 34.6. The van der Waals surface area contributed by atoms with Crippen molar-refractivity contribution in [2.45, 2.75) is 59.7 Å². The number of carbonyl (C=O) groups excluding carboxylic acids is 3. The molecule has 0 radical (unpaired) electrons. The third-order valence-electron chi connectivity index (χ3n) is 4.06. The van der Waals surface area contributed by atoms with Crippen LogP contribution in [0.4, 0.5) is 10.5 Å². The van der Waals surface area contributed by atoms with Crippen LogP contribution < -0.4 is 81.1 Å². The van der Waals surface area contributed by atoms with Gasteiger partial charge in [-0.1, -0.05) is 58.0 Å². The van der Waals surface area contributed by atoms with Crippen LogP contribution in [-0.2, 0) is 9.59 Å². The second-order valence-corrected chi connectivity index (χ2v) is 10.6. The minimum Gasteiger partial charge on any atom is -0.870 e. The third-order valence-corrected chi connectivity index (χ3v) is 5.18. The zero-order valence-corrected chi connectivity index (χ0v) is 34.4. The molecule has 2 aromatic carbocycles. The number of nitrogens with one attached hydrogen (secondary N) is 1. The fourth-order valence-electron chi connectivity index (χ4n) is 2.36. The van der Waals surface area contributed by atoms with E-state index < -0.39 is 16.9 Å². The summed E-state index contributed by atoms with van der Waals surface area (Å²) in [6, 6.07) is 9.24. The van der Waals surface area contributed by atoms with Crippen LogP contribution in [0.5, 0.6) is 0 Å². The Labute approximate surface area is 339 Å². The molecule has 0 saturated carbocycles. The minimum atomic E-state index is -1.61. The Morgan fingerprint density at radius 1 is 0.872 bits per heavy atom. The first-order valence-corrected chi connectivity index (χ1v) is 14.0. The van der Waals surface area contributed by atoms with Crippen molar-refractivity contribution in [2.75, 3.05) is 5.48 Å². The summed E-state index contributed by atoms with van der Waals surface area (Å²) in [5, 5.41) is 18.7. The Morgan fingerprint density at radius 2 is 1.28 bits per heavy atom. The number of isocyanates is 2. The molecule has 14 nitrogen and oxygen atoms in total. The van der Waals surface area contributed by atoms with Gasteiger partial charge in [-0.2, -0.15) is 0 Å². The van der Waals surface area contributed by atoms with Crippen molar-refractivity contribution in [3.8, 4) is 5.69 Å². The van der Waals surface area contributed by atoms with Crippen LogP contribution in [0.3, 0.4) is 0 Å². The third kappa shape index (κ3) is 25.2. The number of aliphatic imine (C=N–C) groups is 2. The molecule has 0 aliphatic heterocycles. The number of aromatic nitrogens is 2. The van der Waals surface area contributed by atoms with E-state index in [1.807, 2.05) is 33.2 Å². The molecule has 1 aromatic heterocycles. The maximum absolute atomic E-state index is 12.0. The van der Waals surface area contributed by atoms with Gasteiger partial charge in [0.25, 0.3) is 0 Å². The topological polar surface area (TPSA) is 218 Å². The van der Waals surface area contributed by atoms with Crippen molar-refractivity contribution in [1.29, 1.82) is 0 Å². The number of nitrogens with zero attached hydrogens (tertiary/aromatic N) is 4. The van der Waals surface area contributed by atoms with Gasteiger partial charge in [-0.15, -0.1) is 4.74 Å². The van der Waals surface area contributed by atoms with Crippen molar-refractivity contribution in [1.82, 2.24) is 9.31 Å². The van der Waals surface area contributed by atoms with Crippen LogP contribution in [0.1, 0.15) is 47.6 Å². The van der Waals surface area contributed by atoms with Crippen LogP contribution in [0.2, 0.25) is 20.1 Å². The van der Waals surface area contributed by atoms with E-state index in [9.17, 15) is 19.2 Å². The molecule has 0 bridgehead atoms. The molecule has 0 spiro atoms. The molecule has 21 heteroatoms. The zero-order valence-electron chi connectivity index (χ0n) is 26.6. The van der Waals surface area contributed by atoms with Crippen molar-refractivity contribution in [3.05, 3.63) is 77.5 Å². The molecule has 0 amide bonds. The second kappa shape index (κ2) is 30.6. The molecular formula is C26H30Cl5N5Na2O9. The van der Waals surface area contributed by atoms with E-state index in [1.54, 1.807) is 32.0 Å². The molecule has 0 aliphatic rings. The molecule has 3 N–H and O–H groups in total. The molecular weight excluding hydrogens is 750 g/mol. The average Bonchev–Trinajstić information content (AvgIpc) is 3.21. The molecule has 0 fully saturated rings. The van der Waals surface area contributed by atoms with Gasteiger partial charge < -0.3 is 19.9 Å². The van der Waals surface area contributed by atoms with E-state index in [4.69, 9.17) is 66.0 Å². The van der Waals surface area contributed by atoms with Crippen molar-refractivity contribution in [3.63, 3.8) is 0 Å². The molecule has 0 saturated heterocycles. The van der Waals surface area contributed by atoms with Gasteiger partial charge >= 0.3 is 70.6 Å². The first kappa shape index (κ1) is 55.0. The van der Waals surface area contributed by atoms with Gasteiger partial charge in [0.05, 0.1) is 27.8 Å². The van der Waals surface area contributed by atoms with Crippen LogP contribution in [-0.4, -0.2) is 49.7 Å². The number of halogens is 5. The van der Waals surface area contributed by atoms with E-state index in [1.165, 1.54) is 30.4 Å². The van der Waals surface area contributed by atoms with E-state index in [2.05, 4.69) is 21.6 Å². The van der Waals surface area contributed by atoms with Crippen LogP contribution >= 0.6 is 58.0 Å². The monoisotopic (exact) mass is 777 g/mol.